The number of halogens is 1. The fraction of sp³-hybridized carbons (Fsp3) is 0.750. The first-order valence-electron chi connectivity index (χ1n) is 5.97. The molecule has 3 nitrogen and oxygen atoms in total. The summed E-state index contributed by atoms with van der Waals surface area (Å²) >= 11 is 5.70. The van der Waals surface area contributed by atoms with Gasteiger partial charge in [0.25, 0.3) is 0 Å². The minimum atomic E-state index is 0.636. The van der Waals surface area contributed by atoms with Crippen molar-refractivity contribution >= 4 is 11.6 Å². The Labute approximate surface area is 103 Å². The molecule has 0 saturated carbocycles. The molecular formula is C12H22ClN3. The molecule has 0 saturated heterocycles. The van der Waals surface area contributed by atoms with Crippen molar-refractivity contribution in [1.82, 2.24) is 15.1 Å². The summed E-state index contributed by atoms with van der Waals surface area (Å²) in [4.78, 5) is 0. The molecule has 1 aromatic heterocycles. The van der Waals surface area contributed by atoms with Gasteiger partial charge in [-0.15, -0.1) is 11.6 Å². The summed E-state index contributed by atoms with van der Waals surface area (Å²) in [5.74, 6) is 1.38. The Hall–Kier alpha value is -0.540. The lowest BCUT2D eigenvalue weighted by Crippen LogP contribution is -2.22. The van der Waals surface area contributed by atoms with Gasteiger partial charge < -0.3 is 5.32 Å². The molecule has 0 aliphatic heterocycles. The first kappa shape index (κ1) is 13.5. The molecule has 0 aromatic carbocycles. The summed E-state index contributed by atoms with van der Waals surface area (Å²) < 4.78 is 2.05. The highest BCUT2D eigenvalue weighted by Gasteiger charge is 2.05. The number of nitrogens with one attached hydrogen (secondary N) is 1. The van der Waals surface area contributed by atoms with E-state index in [1.54, 1.807) is 0 Å². The molecule has 1 atom stereocenters. The monoisotopic (exact) mass is 243 g/mol. The second-order valence-electron chi connectivity index (χ2n) is 4.31. The van der Waals surface area contributed by atoms with Gasteiger partial charge in [-0.05, 0) is 38.8 Å². The van der Waals surface area contributed by atoms with Crippen LogP contribution in [0.2, 0.25) is 0 Å². The number of aromatic nitrogens is 2. The van der Waals surface area contributed by atoms with Gasteiger partial charge in [0.15, 0.2) is 0 Å². The quantitative estimate of drug-likeness (QED) is 0.746. The van der Waals surface area contributed by atoms with Crippen molar-refractivity contribution in [3.8, 4) is 0 Å². The number of hydrogen-bond donors (Lipinski definition) is 1. The van der Waals surface area contributed by atoms with E-state index in [0.29, 0.717) is 5.92 Å². The van der Waals surface area contributed by atoms with Gasteiger partial charge in [-0.25, -0.2) is 0 Å². The number of hydrogen-bond acceptors (Lipinski definition) is 2. The Morgan fingerprint density at radius 3 is 2.94 bits per heavy atom. The normalized spacial score (nSPS) is 13.0. The minimum Gasteiger partial charge on any atom is -0.311 e. The Bertz CT molecular complexity index is 309. The number of alkyl halides is 1. The fourth-order valence-corrected chi connectivity index (χ4v) is 2.12. The van der Waals surface area contributed by atoms with Crippen LogP contribution >= 0.6 is 11.6 Å². The van der Waals surface area contributed by atoms with Crippen molar-refractivity contribution in [1.29, 1.82) is 0 Å². The molecule has 0 bridgehead atoms. The average Bonchev–Trinajstić information content (AvgIpc) is 2.59. The molecular weight excluding hydrogens is 222 g/mol. The van der Waals surface area contributed by atoms with Crippen molar-refractivity contribution in [2.75, 3.05) is 12.4 Å². The van der Waals surface area contributed by atoms with Crippen LogP contribution in [0, 0.1) is 12.8 Å². The molecule has 1 heterocycles. The topological polar surface area (TPSA) is 29.9 Å². The second-order valence-corrected chi connectivity index (χ2v) is 4.68. The molecule has 1 rings (SSSR count). The lowest BCUT2D eigenvalue weighted by Gasteiger charge is -2.11. The van der Waals surface area contributed by atoms with Gasteiger partial charge in [-0.1, -0.05) is 6.92 Å². The molecule has 0 amide bonds. The van der Waals surface area contributed by atoms with Gasteiger partial charge in [-0.3, -0.25) is 4.68 Å². The van der Waals surface area contributed by atoms with Gasteiger partial charge in [-0.2, -0.15) is 5.10 Å². The summed E-state index contributed by atoms with van der Waals surface area (Å²) in [6.45, 7) is 9.21. The van der Waals surface area contributed by atoms with E-state index in [4.69, 9.17) is 11.6 Å². The predicted octanol–water partition coefficient (Wildman–Crippen LogP) is 2.57. The third-order valence-corrected chi connectivity index (χ3v) is 2.90. The summed E-state index contributed by atoms with van der Waals surface area (Å²) in [7, 11) is 0. The maximum Gasteiger partial charge on any atom is 0.0597 e. The average molecular weight is 244 g/mol. The molecule has 16 heavy (non-hydrogen) atoms. The zero-order valence-electron chi connectivity index (χ0n) is 10.5. The third kappa shape index (κ3) is 4.14. The number of nitrogens with zero attached hydrogens (tertiary/aromatic N) is 2. The largest absolute Gasteiger partial charge is 0.311 e. The van der Waals surface area contributed by atoms with Crippen molar-refractivity contribution < 1.29 is 0 Å². The standard InChI is InChI=1S/C12H22ClN3/c1-4-16-12(7-11(3)15-16)9-14-8-10(2)5-6-13/h7,10,14H,4-6,8-9H2,1-3H3. The van der Waals surface area contributed by atoms with E-state index in [9.17, 15) is 0 Å². The van der Waals surface area contributed by atoms with E-state index in [1.165, 1.54) is 5.69 Å². The lowest BCUT2D eigenvalue weighted by atomic mass is 10.1. The lowest BCUT2D eigenvalue weighted by molar-refractivity contribution is 0.488. The van der Waals surface area contributed by atoms with E-state index >= 15 is 0 Å². The highest BCUT2D eigenvalue weighted by atomic mass is 35.5. The van der Waals surface area contributed by atoms with E-state index in [-0.39, 0.29) is 0 Å². The van der Waals surface area contributed by atoms with Gasteiger partial charge >= 0.3 is 0 Å². The maximum atomic E-state index is 5.70. The first-order valence-corrected chi connectivity index (χ1v) is 6.50. The van der Waals surface area contributed by atoms with Crippen molar-refractivity contribution in [3.05, 3.63) is 17.5 Å². The van der Waals surface area contributed by atoms with Crippen LogP contribution in [0.3, 0.4) is 0 Å². The van der Waals surface area contributed by atoms with Crippen LogP contribution in [0.1, 0.15) is 31.7 Å². The summed E-state index contributed by atoms with van der Waals surface area (Å²) in [6, 6.07) is 2.14. The Morgan fingerprint density at radius 2 is 2.31 bits per heavy atom. The second kappa shape index (κ2) is 6.92. The van der Waals surface area contributed by atoms with Crippen LogP contribution in [-0.4, -0.2) is 22.2 Å². The molecule has 0 aliphatic carbocycles. The Balaban J connectivity index is 2.36. The van der Waals surface area contributed by atoms with Gasteiger partial charge in [0, 0.05) is 19.0 Å². The smallest absolute Gasteiger partial charge is 0.0597 e. The highest BCUT2D eigenvalue weighted by molar-refractivity contribution is 6.17. The first-order chi connectivity index (χ1) is 7.67. The van der Waals surface area contributed by atoms with Crippen molar-refractivity contribution in [3.63, 3.8) is 0 Å². The molecule has 0 fully saturated rings. The Kier molecular flexibility index (Phi) is 5.85. The molecule has 92 valence electrons. The van der Waals surface area contributed by atoms with Crippen LogP contribution in [-0.2, 0) is 13.1 Å². The fourth-order valence-electron chi connectivity index (χ4n) is 1.75. The maximum absolute atomic E-state index is 5.70. The minimum absolute atomic E-state index is 0.636. The molecule has 0 radical (unpaired) electrons. The molecule has 1 N–H and O–H groups in total. The molecule has 4 heteroatoms. The van der Waals surface area contributed by atoms with Gasteiger partial charge in [0.1, 0.15) is 0 Å². The van der Waals surface area contributed by atoms with E-state index in [0.717, 1.165) is 37.6 Å². The molecule has 0 aliphatic rings. The Morgan fingerprint density at radius 1 is 1.56 bits per heavy atom. The van der Waals surface area contributed by atoms with Crippen LogP contribution in [0.5, 0.6) is 0 Å². The van der Waals surface area contributed by atoms with Crippen LogP contribution in [0.15, 0.2) is 6.07 Å². The number of aryl methyl sites for hydroxylation is 2. The summed E-state index contributed by atoms with van der Waals surface area (Å²) in [5, 5.41) is 7.87. The summed E-state index contributed by atoms with van der Waals surface area (Å²) in [5.41, 5.74) is 2.35. The molecule has 1 unspecified atom stereocenters. The van der Waals surface area contributed by atoms with E-state index < -0.39 is 0 Å². The van der Waals surface area contributed by atoms with Crippen LogP contribution in [0.25, 0.3) is 0 Å². The van der Waals surface area contributed by atoms with Gasteiger partial charge in [0.2, 0.25) is 0 Å². The highest BCUT2D eigenvalue weighted by Crippen LogP contribution is 2.05. The zero-order chi connectivity index (χ0) is 12.0. The summed E-state index contributed by atoms with van der Waals surface area (Å²) in [6.07, 6.45) is 1.07. The zero-order valence-corrected chi connectivity index (χ0v) is 11.2. The van der Waals surface area contributed by atoms with E-state index in [1.807, 2.05) is 6.92 Å². The van der Waals surface area contributed by atoms with Gasteiger partial charge in [0.05, 0.1) is 11.4 Å². The van der Waals surface area contributed by atoms with Crippen molar-refractivity contribution in [2.24, 2.45) is 5.92 Å². The SMILES string of the molecule is CCn1nc(C)cc1CNCC(C)CCCl. The molecule has 1 aromatic rings. The number of rotatable bonds is 7. The van der Waals surface area contributed by atoms with Crippen LogP contribution in [0.4, 0.5) is 0 Å². The van der Waals surface area contributed by atoms with Crippen molar-refractivity contribution in [2.45, 2.75) is 40.3 Å². The van der Waals surface area contributed by atoms with E-state index in [2.05, 4.69) is 35.0 Å². The third-order valence-electron chi connectivity index (χ3n) is 2.69. The molecule has 0 spiro atoms. The van der Waals surface area contributed by atoms with Crippen LogP contribution < -0.4 is 5.32 Å². The predicted molar refractivity (Wildman–Crippen MR) is 68.8 cm³/mol.